The van der Waals surface area contributed by atoms with Gasteiger partial charge in [0.15, 0.2) is 0 Å². The summed E-state index contributed by atoms with van der Waals surface area (Å²) in [5.41, 5.74) is 0.183. The van der Waals surface area contributed by atoms with Crippen LogP contribution in [0.25, 0.3) is 0 Å². The highest BCUT2D eigenvalue weighted by Crippen LogP contribution is 2.55. The second-order valence-corrected chi connectivity index (χ2v) is 4.00. The number of Topliss-reactive ketones (excluding diaryl/α,β-unsaturated/α-hetero) is 1. The first-order valence-corrected chi connectivity index (χ1v) is 4.24. The fourth-order valence-electron chi connectivity index (χ4n) is 2.65. The Morgan fingerprint density at radius 2 is 2.20 bits per heavy atom. The Morgan fingerprint density at radius 3 is 2.50 bits per heavy atom. The minimum atomic E-state index is 0.183. The normalized spacial score (nSPS) is 44.3. The molecule has 56 valence electrons. The summed E-state index contributed by atoms with van der Waals surface area (Å²) in [6, 6.07) is 0. The van der Waals surface area contributed by atoms with Crippen LogP contribution in [-0.4, -0.2) is 5.78 Å². The van der Waals surface area contributed by atoms with Gasteiger partial charge in [-0.25, -0.2) is 0 Å². The summed E-state index contributed by atoms with van der Waals surface area (Å²) < 4.78 is 0. The molecule has 0 heterocycles. The Balaban J connectivity index is 2.12. The smallest absolute Gasteiger partial charge is 0.135 e. The lowest BCUT2D eigenvalue weighted by Crippen LogP contribution is -2.46. The van der Waals surface area contributed by atoms with Crippen LogP contribution in [0.4, 0.5) is 0 Å². The Bertz CT molecular complexity index is 160. The molecule has 3 rings (SSSR count). The molecule has 0 aromatic rings. The summed E-state index contributed by atoms with van der Waals surface area (Å²) in [6.45, 7) is 1.77. The van der Waals surface area contributed by atoms with Gasteiger partial charge in [-0.2, -0.15) is 0 Å². The second-order valence-electron chi connectivity index (χ2n) is 4.00. The summed E-state index contributed by atoms with van der Waals surface area (Å²) in [7, 11) is 0. The monoisotopic (exact) mass is 138 g/mol. The summed E-state index contributed by atoms with van der Waals surface area (Å²) in [5, 5.41) is 0. The fraction of sp³-hybridized carbons (Fsp3) is 0.889. The lowest BCUT2D eigenvalue weighted by atomic mass is 9.53. The molecular formula is C9H14O. The van der Waals surface area contributed by atoms with Gasteiger partial charge in [-0.1, -0.05) is 12.8 Å². The van der Waals surface area contributed by atoms with Crippen LogP contribution in [0.5, 0.6) is 0 Å². The maximum Gasteiger partial charge on any atom is 0.135 e. The van der Waals surface area contributed by atoms with Crippen molar-refractivity contribution in [3.63, 3.8) is 0 Å². The average molecular weight is 138 g/mol. The zero-order valence-corrected chi connectivity index (χ0v) is 6.52. The molecule has 0 aromatic heterocycles. The van der Waals surface area contributed by atoms with Crippen molar-refractivity contribution in [3.05, 3.63) is 0 Å². The lowest BCUT2D eigenvalue weighted by molar-refractivity contribution is -0.139. The summed E-state index contributed by atoms with van der Waals surface area (Å²) in [4.78, 5) is 11.2. The molecule has 0 saturated heterocycles. The van der Waals surface area contributed by atoms with Gasteiger partial charge >= 0.3 is 0 Å². The minimum absolute atomic E-state index is 0.183. The first kappa shape index (κ1) is 6.38. The van der Waals surface area contributed by atoms with Crippen molar-refractivity contribution in [1.82, 2.24) is 0 Å². The summed E-state index contributed by atoms with van der Waals surface area (Å²) >= 11 is 0. The van der Waals surface area contributed by atoms with Gasteiger partial charge in [-0.15, -0.1) is 0 Å². The van der Waals surface area contributed by atoms with Crippen LogP contribution >= 0.6 is 0 Å². The Morgan fingerprint density at radius 1 is 1.50 bits per heavy atom. The third-order valence-electron chi connectivity index (χ3n) is 3.37. The highest BCUT2D eigenvalue weighted by atomic mass is 16.1. The van der Waals surface area contributed by atoms with Crippen molar-refractivity contribution < 1.29 is 4.79 Å². The molecule has 0 aliphatic heterocycles. The molecule has 1 heteroatoms. The largest absolute Gasteiger partial charge is 0.299 e. The number of hydrogen-bond donors (Lipinski definition) is 0. The van der Waals surface area contributed by atoms with E-state index in [0.717, 1.165) is 5.92 Å². The molecule has 3 saturated carbocycles. The van der Waals surface area contributed by atoms with Gasteiger partial charge in [-0.3, -0.25) is 4.79 Å². The number of carbonyl (C=O) groups is 1. The van der Waals surface area contributed by atoms with E-state index in [1.165, 1.54) is 32.1 Å². The van der Waals surface area contributed by atoms with Crippen LogP contribution in [0.15, 0.2) is 0 Å². The number of fused-ring (bicyclic) bond motifs is 2. The van der Waals surface area contributed by atoms with Gasteiger partial charge in [0.05, 0.1) is 0 Å². The van der Waals surface area contributed by atoms with E-state index in [2.05, 4.69) is 0 Å². The van der Waals surface area contributed by atoms with Crippen molar-refractivity contribution in [2.24, 2.45) is 11.3 Å². The average Bonchev–Trinajstić information content (AvgIpc) is 1.87. The van der Waals surface area contributed by atoms with Gasteiger partial charge in [0.1, 0.15) is 5.78 Å². The van der Waals surface area contributed by atoms with Crippen molar-refractivity contribution in [1.29, 1.82) is 0 Å². The minimum Gasteiger partial charge on any atom is -0.299 e. The first-order chi connectivity index (χ1) is 4.73. The number of ketones is 1. The molecule has 0 amide bonds. The van der Waals surface area contributed by atoms with Gasteiger partial charge in [0.2, 0.25) is 0 Å². The zero-order chi connectivity index (χ0) is 7.19. The molecule has 2 bridgehead atoms. The molecule has 0 unspecified atom stereocenters. The van der Waals surface area contributed by atoms with E-state index in [4.69, 9.17) is 0 Å². The molecule has 3 fully saturated rings. The van der Waals surface area contributed by atoms with Gasteiger partial charge in [0, 0.05) is 5.41 Å². The number of rotatable bonds is 1. The van der Waals surface area contributed by atoms with E-state index >= 15 is 0 Å². The molecule has 0 atom stereocenters. The van der Waals surface area contributed by atoms with Crippen molar-refractivity contribution in [2.75, 3.05) is 0 Å². The highest BCUT2D eigenvalue weighted by molar-refractivity contribution is 5.83. The summed E-state index contributed by atoms with van der Waals surface area (Å²) in [6.07, 6.45) is 6.28. The number of carbonyl (C=O) groups excluding carboxylic acids is 1. The third kappa shape index (κ3) is 0.664. The topological polar surface area (TPSA) is 17.1 Å². The Labute approximate surface area is 61.8 Å². The maximum atomic E-state index is 11.2. The van der Waals surface area contributed by atoms with Crippen LogP contribution in [0.1, 0.15) is 39.0 Å². The van der Waals surface area contributed by atoms with E-state index in [0.29, 0.717) is 5.78 Å². The molecule has 3 aliphatic rings. The van der Waals surface area contributed by atoms with E-state index in [-0.39, 0.29) is 5.41 Å². The SMILES string of the molecule is CC(=O)C12CCCC(C1)C2. The third-order valence-corrected chi connectivity index (χ3v) is 3.37. The van der Waals surface area contributed by atoms with Crippen LogP contribution in [0, 0.1) is 11.3 Å². The quantitative estimate of drug-likeness (QED) is 0.542. The van der Waals surface area contributed by atoms with E-state index in [1.807, 2.05) is 0 Å². The predicted octanol–water partition coefficient (Wildman–Crippen LogP) is 2.16. The van der Waals surface area contributed by atoms with E-state index in [1.54, 1.807) is 6.92 Å². The van der Waals surface area contributed by atoms with Crippen molar-refractivity contribution in [2.45, 2.75) is 39.0 Å². The fourth-order valence-corrected chi connectivity index (χ4v) is 2.65. The zero-order valence-electron chi connectivity index (χ0n) is 6.52. The van der Waals surface area contributed by atoms with Gasteiger partial charge in [-0.05, 0) is 32.1 Å². The summed E-state index contributed by atoms with van der Waals surface area (Å²) in [5.74, 6) is 1.36. The van der Waals surface area contributed by atoms with Crippen LogP contribution in [0.3, 0.4) is 0 Å². The van der Waals surface area contributed by atoms with Crippen molar-refractivity contribution >= 4 is 5.78 Å². The molecule has 0 radical (unpaired) electrons. The predicted molar refractivity (Wildman–Crippen MR) is 39.7 cm³/mol. The molecule has 0 N–H and O–H groups in total. The maximum absolute atomic E-state index is 11.2. The van der Waals surface area contributed by atoms with Crippen molar-refractivity contribution in [3.8, 4) is 0 Å². The molecule has 0 aromatic carbocycles. The van der Waals surface area contributed by atoms with Gasteiger partial charge in [0.25, 0.3) is 0 Å². The second kappa shape index (κ2) is 1.84. The van der Waals surface area contributed by atoms with E-state index in [9.17, 15) is 4.79 Å². The molecule has 10 heavy (non-hydrogen) atoms. The molecule has 0 spiro atoms. The molecular weight excluding hydrogens is 124 g/mol. The highest BCUT2D eigenvalue weighted by Gasteiger charge is 2.49. The Hall–Kier alpha value is -0.330. The lowest BCUT2D eigenvalue weighted by Gasteiger charge is -2.50. The van der Waals surface area contributed by atoms with E-state index < -0.39 is 0 Å². The van der Waals surface area contributed by atoms with Crippen LogP contribution in [-0.2, 0) is 4.79 Å². The van der Waals surface area contributed by atoms with Crippen LogP contribution < -0.4 is 0 Å². The van der Waals surface area contributed by atoms with Gasteiger partial charge < -0.3 is 0 Å². The number of hydrogen-bond acceptors (Lipinski definition) is 1. The first-order valence-electron chi connectivity index (χ1n) is 4.24. The molecule has 3 aliphatic carbocycles. The molecule has 1 nitrogen and oxygen atoms in total. The standard InChI is InChI=1S/C9H14O/c1-7(10)9-4-2-3-8(5-9)6-9/h8H,2-6H2,1H3. The Kier molecular flexibility index (Phi) is 1.17. The van der Waals surface area contributed by atoms with Crippen LogP contribution in [0.2, 0.25) is 0 Å².